The van der Waals surface area contributed by atoms with Gasteiger partial charge in [-0.2, -0.15) is 0 Å². The molecular formula is C16H20FNO. The first kappa shape index (κ1) is 12.6. The lowest BCUT2D eigenvalue weighted by molar-refractivity contribution is -0.122. The Balaban J connectivity index is 1.48. The fraction of sp³-hybridized carbons (Fsp3) is 0.562. The van der Waals surface area contributed by atoms with E-state index in [1.165, 1.54) is 25.3 Å². The molecule has 2 aliphatic carbocycles. The number of carbonyl (C=O) groups is 1. The van der Waals surface area contributed by atoms with Crippen molar-refractivity contribution in [2.75, 3.05) is 0 Å². The van der Waals surface area contributed by atoms with Gasteiger partial charge >= 0.3 is 0 Å². The van der Waals surface area contributed by atoms with Crippen molar-refractivity contribution in [3.8, 4) is 0 Å². The van der Waals surface area contributed by atoms with Crippen LogP contribution in [0.25, 0.3) is 0 Å². The summed E-state index contributed by atoms with van der Waals surface area (Å²) in [6, 6.07) is 7.07. The lowest BCUT2D eigenvalue weighted by atomic mass is 9.95. The number of hydrogen-bond donors (Lipinski definition) is 1. The maximum absolute atomic E-state index is 13.4. The minimum absolute atomic E-state index is 0.0702. The molecule has 0 heterocycles. The van der Waals surface area contributed by atoms with E-state index in [1.54, 1.807) is 12.1 Å². The molecule has 3 heteroatoms. The second kappa shape index (κ2) is 5.32. The SMILES string of the molecule is O=C(CCc1ccccc1F)N[C@H]1C[C@H]2CC[C@@H]1C2. The van der Waals surface area contributed by atoms with E-state index in [-0.39, 0.29) is 11.7 Å². The van der Waals surface area contributed by atoms with Crippen molar-refractivity contribution in [2.45, 2.75) is 44.6 Å². The summed E-state index contributed by atoms with van der Waals surface area (Å²) in [5, 5.41) is 3.14. The van der Waals surface area contributed by atoms with Crippen molar-refractivity contribution < 1.29 is 9.18 Å². The molecule has 19 heavy (non-hydrogen) atoms. The zero-order valence-corrected chi connectivity index (χ0v) is 11.1. The molecule has 3 atom stereocenters. The van der Waals surface area contributed by atoms with Gasteiger partial charge in [0, 0.05) is 12.5 Å². The van der Waals surface area contributed by atoms with Gasteiger partial charge in [-0.05, 0) is 49.1 Å². The van der Waals surface area contributed by atoms with Crippen molar-refractivity contribution >= 4 is 5.91 Å². The monoisotopic (exact) mass is 261 g/mol. The maximum atomic E-state index is 13.4. The first-order valence-corrected chi connectivity index (χ1v) is 7.25. The second-order valence-electron chi connectivity index (χ2n) is 5.94. The molecule has 1 aromatic rings. The molecule has 0 aromatic heterocycles. The van der Waals surface area contributed by atoms with Crippen molar-refractivity contribution in [2.24, 2.45) is 11.8 Å². The van der Waals surface area contributed by atoms with Crippen LogP contribution in [0.2, 0.25) is 0 Å². The zero-order valence-electron chi connectivity index (χ0n) is 11.1. The van der Waals surface area contributed by atoms with Gasteiger partial charge in [0.05, 0.1) is 0 Å². The Morgan fingerprint density at radius 3 is 2.79 bits per heavy atom. The van der Waals surface area contributed by atoms with Gasteiger partial charge in [0.15, 0.2) is 0 Å². The molecule has 1 aromatic carbocycles. The molecule has 0 saturated heterocycles. The van der Waals surface area contributed by atoms with Crippen LogP contribution in [0.15, 0.2) is 24.3 Å². The van der Waals surface area contributed by atoms with E-state index < -0.39 is 0 Å². The molecule has 0 spiro atoms. The molecule has 2 nitrogen and oxygen atoms in total. The fourth-order valence-corrected chi connectivity index (χ4v) is 3.65. The number of rotatable bonds is 4. The molecule has 2 aliphatic rings. The number of nitrogens with one attached hydrogen (secondary N) is 1. The van der Waals surface area contributed by atoms with Crippen molar-refractivity contribution in [3.05, 3.63) is 35.6 Å². The predicted octanol–water partition coefficient (Wildman–Crippen LogP) is 3.06. The number of hydrogen-bond acceptors (Lipinski definition) is 1. The lowest BCUT2D eigenvalue weighted by Crippen LogP contribution is -2.38. The smallest absolute Gasteiger partial charge is 0.220 e. The van der Waals surface area contributed by atoms with Crippen LogP contribution in [0.3, 0.4) is 0 Å². The van der Waals surface area contributed by atoms with Crippen LogP contribution in [-0.4, -0.2) is 11.9 Å². The number of benzene rings is 1. The highest BCUT2D eigenvalue weighted by molar-refractivity contribution is 5.76. The molecule has 1 N–H and O–H groups in total. The van der Waals surface area contributed by atoms with Crippen LogP contribution in [-0.2, 0) is 11.2 Å². The Morgan fingerprint density at radius 2 is 2.11 bits per heavy atom. The minimum Gasteiger partial charge on any atom is -0.353 e. The normalized spacial score (nSPS) is 28.6. The van der Waals surface area contributed by atoms with E-state index in [2.05, 4.69) is 5.32 Å². The molecule has 0 radical (unpaired) electrons. The quantitative estimate of drug-likeness (QED) is 0.886. The topological polar surface area (TPSA) is 29.1 Å². The van der Waals surface area contributed by atoms with Crippen molar-refractivity contribution in [1.82, 2.24) is 5.32 Å². The van der Waals surface area contributed by atoms with Crippen LogP contribution < -0.4 is 5.32 Å². The third-order valence-electron chi connectivity index (χ3n) is 4.66. The van der Waals surface area contributed by atoms with Crippen LogP contribution in [0.1, 0.15) is 37.7 Å². The van der Waals surface area contributed by atoms with E-state index in [9.17, 15) is 9.18 Å². The molecule has 102 valence electrons. The fourth-order valence-electron chi connectivity index (χ4n) is 3.65. The maximum Gasteiger partial charge on any atom is 0.220 e. The summed E-state index contributed by atoms with van der Waals surface area (Å²) in [6.45, 7) is 0. The van der Waals surface area contributed by atoms with Gasteiger partial charge in [0.1, 0.15) is 5.82 Å². The Hall–Kier alpha value is -1.38. The molecule has 2 bridgehead atoms. The predicted molar refractivity (Wildman–Crippen MR) is 72.1 cm³/mol. The first-order chi connectivity index (χ1) is 9.22. The molecule has 2 fully saturated rings. The highest BCUT2D eigenvalue weighted by Crippen LogP contribution is 2.44. The summed E-state index contributed by atoms with van der Waals surface area (Å²) in [5.74, 6) is 1.39. The number of fused-ring (bicyclic) bond motifs is 2. The highest BCUT2D eigenvalue weighted by Gasteiger charge is 2.39. The Bertz CT molecular complexity index is 474. The first-order valence-electron chi connectivity index (χ1n) is 7.25. The summed E-state index contributed by atoms with van der Waals surface area (Å²) in [7, 11) is 0. The summed E-state index contributed by atoms with van der Waals surface area (Å²) < 4.78 is 13.4. The van der Waals surface area contributed by atoms with Gasteiger partial charge in [-0.25, -0.2) is 4.39 Å². The Morgan fingerprint density at radius 1 is 1.26 bits per heavy atom. The molecule has 2 saturated carbocycles. The number of carbonyl (C=O) groups excluding carboxylic acids is 1. The van der Waals surface area contributed by atoms with E-state index in [0.717, 1.165) is 12.3 Å². The lowest BCUT2D eigenvalue weighted by Gasteiger charge is -2.22. The van der Waals surface area contributed by atoms with Crippen LogP contribution >= 0.6 is 0 Å². The number of amides is 1. The molecule has 3 rings (SSSR count). The standard InChI is InChI=1S/C16H20FNO/c17-14-4-2-1-3-12(14)7-8-16(19)18-15-10-11-5-6-13(15)9-11/h1-4,11,13,15H,5-10H2,(H,18,19)/t11-,13+,15-/m0/s1. The summed E-state index contributed by atoms with van der Waals surface area (Å²) in [6.07, 6.45) is 5.91. The average molecular weight is 261 g/mol. The van der Waals surface area contributed by atoms with Crippen LogP contribution in [0.5, 0.6) is 0 Å². The van der Waals surface area contributed by atoms with Gasteiger partial charge < -0.3 is 5.32 Å². The van der Waals surface area contributed by atoms with Gasteiger partial charge in [-0.15, -0.1) is 0 Å². The molecule has 1 amide bonds. The Kier molecular flexibility index (Phi) is 3.54. The summed E-state index contributed by atoms with van der Waals surface area (Å²) in [5.41, 5.74) is 0.630. The minimum atomic E-state index is -0.213. The third-order valence-corrected chi connectivity index (χ3v) is 4.66. The van der Waals surface area contributed by atoms with Gasteiger partial charge in [-0.3, -0.25) is 4.79 Å². The van der Waals surface area contributed by atoms with Crippen molar-refractivity contribution in [1.29, 1.82) is 0 Å². The van der Waals surface area contributed by atoms with Gasteiger partial charge in [0.25, 0.3) is 0 Å². The average Bonchev–Trinajstić information content (AvgIpc) is 3.00. The van der Waals surface area contributed by atoms with E-state index >= 15 is 0 Å². The van der Waals surface area contributed by atoms with Gasteiger partial charge in [0.2, 0.25) is 5.91 Å². The van der Waals surface area contributed by atoms with E-state index in [1.807, 2.05) is 6.07 Å². The largest absolute Gasteiger partial charge is 0.353 e. The summed E-state index contributed by atoms with van der Waals surface area (Å²) >= 11 is 0. The summed E-state index contributed by atoms with van der Waals surface area (Å²) in [4.78, 5) is 11.9. The molecular weight excluding hydrogens is 241 g/mol. The van der Waals surface area contributed by atoms with E-state index in [0.29, 0.717) is 30.4 Å². The third kappa shape index (κ3) is 2.80. The van der Waals surface area contributed by atoms with Gasteiger partial charge in [-0.1, -0.05) is 24.6 Å². The highest BCUT2D eigenvalue weighted by atomic mass is 19.1. The number of halogens is 1. The zero-order chi connectivity index (χ0) is 13.2. The second-order valence-corrected chi connectivity index (χ2v) is 5.94. The molecule has 0 aliphatic heterocycles. The molecule has 0 unspecified atom stereocenters. The Labute approximate surface area is 113 Å². The van der Waals surface area contributed by atoms with Crippen LogP contribution in [0, 0.1) is 17.7 Å². The van der Waals surface area contributed by atoms with Crippen molar-refractivity contribution in [3.63, 3.8) is 0 Å². The van der Waals surface area contributed by atoms with E-state index in [4.69, 9.17) is 0 Å². The van der Waals surface area contributed by atoms with Crippen LogP contribution in [0.4, 0.5) is 4.39 Å². The number of aryl methyl sites for hydroxylation is 1.